The van der Waals surface area contributed by atoms with Crippen molar-refractivity contribution in [3.05, 3.63) is 108 Å². The van der Waals surface area contributed by atoms with Gasteiger partial charge in [0.25, 0.3) is 0 Å². The molecule has 1 aliphatic rings. The quantitative estimate of drug-likeness (QED) is 0.350. The molecule has 4 atom stereocenters. The molecule has 1 heterocycles. The fraction of sp³-hybridized carbons (Fsp3) is 0.214. The van der Waals surface area contributed by atoms with Crippen LogP contribution < -0.4 is 0 Å². The van der Waals surface area contributed by atoms with Crippen molar-refractivity contribution < 1.29 is 43.6 Å². The lowest BCUT2D eigenvalue weighted by atomic mass is 9.71. The molecule has 1 saturated heterocycles. The average Bonchev–Trinajstić information content (AvgIpc) is 3.14. The minimum Gasteiger partial charge on any atom is -0.459 e. The molecule has 37 heavy (non-hydrogen) atoms. The largest absolute Gasteiger partial charge is 0.459 e. The number of ketones is 2. The highest BCUT2D eigenvalue weighted by molar-refractivity contribution is 6.13. The van der Waals surface area contributed by atoms with Crippen LogP contribution >= 0.6 is 0 Å². The summed E-state index contributed by atoms with van der Waals surface area (Å²) in [4.78, 5) is 51.9. The first kappa shape index (κ1) is 25.9. The SMILES string of the molecule is CC(=O)O[C@H]1O[C@@H](COC(=O)c2ccccc2)[C@@](O)(C(=O)c2ccccc2)[C@@]1(O)C(=O)c1ccccc1. The maximum atomic E-state index is 13.8. The lowest BCUT2D eigenvalue weighted by molar-refractivity contribution is -0.200. The molecule has 1 aliphatic heterocycles. The third-order valence-corrected chi connectivity index (χ3v) is 6.09. The van der Waals surface area contributed by atoms with Crippen molar-refractivity contribution in [2.75, 3.05) is 6.61 Å². The summed E-state index contributed by atoms with van der Waals surface area (Å²) in [5.74, 6) is -3.95. The second-order valence-electron chi connectivity index (χ2n) is 8.45. The molecule has 0 amide bonds. The van der Waals surface area contributed by atoms with Crippen LogP contribution in [0.2, 0.25) is 0 Å². The third-order valence-electron chi connectivity index (χ3n) is 6.09. The summed E-state index contributed by atoms with van der Waals surface area (Å²) in [6.45, 7) is 0.266. The Kier molecular flexibility index (Phi) is 7.30. The lowest BCUT2D eigenvalue weighted by Crippen LogP contribution is -2.68. The van der Waals surface area contributed by atoms with E-state index in [9.17, 15) is 29.4 Å². The fourth-order valence-electron chi connectivity index (χ4n) is 4.22. The van der Waals surface area contributed by atoms with Crippen molar-refractivity contribution in [3.63, 3.8) is 0 Å². The molecule has 0 aliphatic carbocycles. The Hall–Kier alpha value is -4.18. The van der Waals surface area contributed by atoms with Gasteiger partial charge in [0.05, 0.1) is 5.56 Å². The predicted octanol–water partition coefficient (Wildman–Crippen LogP) is 2.36. The number of rotatable bonds is 8. The topological polar surface area (TPSA) is 136 Å². The van der Waals surface area contributed by atoms with Crippen LogP contribution in [0.5, 0.6) is 0 Å². The van der Waals surface area contributed by atoms with Gasteiger partial charge in [-0.25, -0.2) is 4.79 Å². The Balaban J connectivity index is 1.80. The smallest absolute Gasteiger partial charge is 0.338 e. The van der Waals surface area contributed by atoms with Crippen LogP contribution in [-0.2, 0) is 19.0 Å². The molecule has 0 aromatic heterocycles. The molecule has 0 bridgehead atoms. The molecule has 9 heteroatoms. The molecule has 0 unspecified atom stereocenters. The molecule has 3 aromatic rings. The molecule has 190 valence electrons. The molecule has 1 fully saturated rings. The van der Waals surface area contributed by atoms with Gasteiger partial charge in [0.1, 0.15) is 12.7 Å². The maximum absolute atomic E-state index is 13.8. The highest BCUT2D eigenvalue weighted by Gasteiger charge is 2.75. The van der Waals surface area contributed by atoms with E-state index in [0.29, 0.717) is 0 Å². The number of esters is 2. The van der Waals surface area contributed by atoms with Crippen molar-refractivity contribution in [2.45, 2.75) is 30.5 Å². The van der Waals surface area contributed by atoms with Gasteiger partial charge in [-0.2, -0.15) is 0 Å². The Labute approximate surface area is 212 Å². The van der Waals surface area contributed by atoms with Gasteiger partial charge in [0.2, 0.25) is 23.5 Å². The van der Waals surface area contributed by atoms with Gasteiger partial charge in [0, 0.05) is 18.1 Å². The number of hydrogen-bond donors (Lipinski definition) is 2. The van der Waals surface area contributed by atoms with Crippen molar-refractivity contribution in [3.8, 4) is 0 Å². The number of ether oxygens (including phenoxy) is 3. The summed E-state index contributed by atoms with van der Waals surface area (Å²) in [5.41, 5.74) is -6.05. The van der Waals surface area contributed by atoms with Crippen molar-refractivity contribution in [1.29, 1.82) is 0 Å². The van der Waals surface area contributed by atoms with Gasteiger partial charge in [-0.1, -0.05) is 78.9 Å². The Morgan fingerprint density at radius 2 is 1.16 bits per heavy atom. The van der Waals surface area contributed by atoms with E-state index in [4.69, 9.17) is 14.2 Å². The highest BCUT2D eigenvalue weighted by Crippen LogP contribution is 2.45. The highest BCUT2D eigenvalue weighted by atomic mass is 16.7. The molecule has 0 spiro atoms. The molecule has 0 saturated carbocycles. The molecule has 3 aromatic carbocycles. The minimum atomic E-state index is -3.09. The van der Waals surface area contributed by atoms with Crippen molar-refractivity contribution >= 4 is 23.5 Å². The van der Waals surface area contributed by atoms with E-state index < -0.39 is 53.7 Å². The normalized spacial score (nSPS) is 24.7. The molecule has 9 nitrogen and oxygen atoms in total. The van der Waals surface area contributed by atoms with Gasteiger partial charge in [-0.15, -0.1) is 0 Å². The molecular formula is C28H24O9. The maximum Gasteiger partial charge on any atom is 0.338 e. The van der Waals surface area contributed by atoms with Crippen LogP contribution in [0.1, 0.15) is 38.0 Å². The summed E-state index contributed by atoms with van der Waals surface area (Å²) in [7, 11) is 0. The summed E-state index contributed by atoms with van der Waals surface area (Å²) < 4.78 is 16.0. The Bertz CT molecular complexity index is 1290. The zero-order valence-electron chi connectivity index (χ0n) is 19.8. The van der Waals surface area contributed by atoms with Crippen LogP contribution in [0, 0.1) is 0 Å². The van der Waals surface area contributed by atoms with E-state index in [1.165, 1.54) is 60.7 Å². The molecule has 2 N–H and O–H groups in total. The zero-order valence-corrected chi connectivity index (χ0v) is 19.8. The van der Waals surface area contributed by atoms with E-state index in [0.717, 1.165) is 6.92 Å². The number of aliphatic hydroxyl groups is 2. The Morgan fingerprint density at radius 1 is 0.730 bits per heavy atom. The molecular weight excluding hydrogens is 480 g/mol. The van der Waals surface area contributed by atoms with E-state index in [1.807, 2.05) is 0 Å². The summed E-state index contributed by atoms with van der Waals surface area (Å²) in [6.07, 6.45) is -3.87. The first-order valence-electron chi connectivity index (χ1n) is 11.4. The summed E-state index contributed by atoms with van der Waals surface area (Å²) in [5, 5.41) is 23.8. The number of carbonyl (C=O) groups is 4. The molecule has 4 rings (SSSR count). The second kappa shape index (κ2) is 10.4. The van der Waals surface area contributed by atoms with Gasteiger partial charge >= 0.3 is 11.9 Å². The first-order valence-corrected chi connectivity index (χ1v) is 11.4. The van der Waals surface area contributed by atoms with Gasteiger partial charge in [0.15, 0.2) is 5.60 Å². The van der Waals surface area contributed by atoms with Crippen LogP contribution in [0.3, 0.4) is 0 Å². The Morgan fingerprint density at radius 3 is 1.62 bits per heavy atom. The van der Waals surface area contributed by atoms with Crippen molar-refractivity contribution in [2.24, 2.45) is 0 Å². The summed E-state index contributed by atoms with van der Waals surface area (Å²) in [6, 6.07) is 22.8. The van der Waals surface area contributed by atoms with E-state index in [2.05, 4.69) is 0 Å². The van der Waals surface area contributed by atoms with Crippen LogP contribution in [-0.4, -0.2) is 63.9 Å². The van der Waals surface area contributed by atoms with E-state index in [1.54, 1.807) is 30.3 Å². The number of benzene rings is 3. The first-order chi connectivity index (χ1) is 17.7. The van der Waals surface area contributed by atoms with Gasteiger partial charge < -0.3 is 24.4 Å². The number of Topliss-reactive ketones (excluding diaryl/α,β-unsaturated/α-hetero) is 2. The lowest BCUT2D eigenvalue weighted by Gasteiger charge is -2.37. The minimum absolute atomic E-state index is 0.0595. The second-order valence-corrected chi connectivity index (χ2v) is 8.45. The third kappa shape index (κ3) is 4.67. The average molecular weight is 504 g/mol. The number of hydrogen-bond acceptors (Lipinski definition) is 9. The zero-order chi connectivity index (χ0) is 26.6. The molecule has 0 radical (unpaired) electrons. The van der Waals surface area contributed by atoms with E-state index >= 15 is 0 Å². The monoisotopic (exact) mass is 504 g/mol. The van der Waals surface area contributed by atoms with Crippen LogP contribution in [0.15, 0.2) is 91.0 Å². The standard InChI is InChI=1S/C28H24O9/c1-18(29)36-26-28(34,24(31)20-13-7-3-8-14-20)27(33,23(30)19-11-5-2-6-12-19)22(37-26)17-35-25(32)21-15-9-4-10-16-21/h2-16,22,26,33-34H,17H2,1H3/t22-,26-,27+,28+/m0/s1. The van der Waals surface area contributed by atoms with Gasteiger partial charge in [-0.3, -0.25) is 14.4 Å². The van der Waals surface area contributed by atoms with Gasteiger partial charge in [-0.05, 0) is 12.1 Å². The van der Waals surface area contributed by atoms with Crippen molar-refractivity contribution in [1.82, 2.24) is 0 Å². The van der Waals surface area contributed by atoms with E-state index in [-0.39, 0.29) is 16.7 Å². The van der Waals surface area contributed by atoms with Crippen LogP contribution in [0.25, 0.3) is 0 Å². The van der Waals surface area contributed by atoms with Crippen LogP contribution in [0.4, 0.5) is 0 Å². The number of carbonyl (C=O) groups excluding carboxylic acids is 4. The fourth-order valence-corrected chi connectivity index (χ4v) is 4.22. The summed E-state index contributed by atoms with van der Waals surface area (Å²) >= 11 is 0. The predicted molar refractivity (Wildman–Crippen MR) is 129 cm³/mol.